The molecule has 3 rings (SSSR count). The molecule has 0 unspecified atom stereocenters. The maximum absolute atomic E-state index is 12.3. The lowest BCUT2D eigenvalue weighted by Gasteiger charge is -2.12. The second-order valence-corrected chi connectivity index (χ2v) is 5.85. The summed E-state index contributed by atoms with van der Waals surface area (Å²) in [6, 6.07) is 11.4. The van der Waals surface area contributed by atoms with Crippen LogP contribution in [0.1, 0.15) is 18.1 Å². The van der Waals surface area contributed by atoms with E-state index < -0.39 is 0 Å². The highest BCUT2D eigenvalue weighted by Gasteiger charge is 2.24. The van der Waals surface area contributed by atoms with Crippen molar-refractivity contribution >= 4 is 23.2 Å². The zero-order chi connectivity index (χ0) is 18.7. The fourth-order valence-electron chi connectivity index (χ4n) is 3.01. The Kier molecular flexibility index (Phi) is 4.98. The van der Waals surface area contributed by atoms with Crippen molar-refractivity contribution in [2.45, 2.75) is 6.92 Å². The smallest absolute Gasteiger partial charge is 0.256 e. The van der Waals surface area contributed by atoms with Crippen molar-refractivity contribution < 1.29 is 19.0 Å². The third-order valence-electron chi connectivity index (χ3n) is 4.28. The number of hydrogen-bond donors (Lipinski definition) is 1. The van der Waals surface area contributed by atoms with Crippen LogP contribution in [0, 0.1) is 0 Å². The van der Waals surface area contributed by atoms with Crippen LogP contribution in [0.3, 0.4) is 0 Å². The Balaban J connectivity index is 1.99. The predicted molar refractivity (Wildman–Crippen MR) is 103 cm³/mol. The van der Waals surface area contributed by atoms with E-state index in [0.717, 1.165) is 22.4 Å². The summed E-state index contributed by atoms with van der Waals surface area (Å²) < 4.78 is 16.1. The quantitative estimate of drug-likeness (QED) is 0.822. The van der Waals surface area contributed by atoms with Gasteiger partial charge in [0.05, 0.1) is 26.9 Å². The standard InChI is InChI=1S/C21H21NO4/c1-13(19-15-7-5-6-8-16(15)22-21(19)23)9-10-14-11-17(24-2)20(26-4)18(12-14)25-3/h5-12H,1-4H3,(H,22,23)/b10-9-,19-13+. The van der Waals surface area contributed by atoms with Crippen molar-refractivity contribution in [3.8, 4) is 17.2 Å². The number of amides is 1. The molecule has 0 radical (unpaired) electrons. The van der Waals surface area contributed by atoms with Gasteiger partial charge in [0.25, 0.3) is 5.91 Å². The van der Waals surface area contributed by atoms with Gasteiger partial charge in [0, 0.05) is 11.3 Å². The van der Waals surface area contributed by atoms with E-state index in [1.807, 2.05) is 55.5 Å². The minimum Gasteiger partial charge on any atom is -0.493 e. The van der Waals surface area contributed by atoms with E-state index in [1.54, 1.807) is 21.3 Å². The molecule has 0 aromatic heterocycles. The molecule has 0 bridgehead atoms. The lowest BCUT2D eigenvalue weighted by atomic mass is 10.0. The molecule has 5 nitrogen and oxygen atoms in total. The van der Waals surface area contributed by atoms with Crippen LogP contribution in [0.5, 0.6) is 17.2 Å². The largest absolute Gasteiger partial charge is 0.493 e. The first-order chi connectivity index (χ1) is 12.6. The van der Waals surface area contributed by atoms with Crippen LogP contribution in [-0.4, -0.2) is 27.2 Å². The Bertz CT molecular complexity index is 887. The first-order valence-electron chi connectivity index (χ1n) is 8.18. The number of fused-ring (bicyclic) bond motifs is 1. The molecule has 134 valence electrons. The van der Waals surface area contributed by atoms with Crippen molar-refractivity contribution in [1.29, 1.82) is 0 Å². The predicted octanol–water partition coefficient (Wildman–Crippen LogP) is 4.15. The monoisotopic (exact) mass is 351 g/mol. The van der Waals surface area contributed by atoms with Crippen LogP contribution >= 0.6 is 0 Å². The van der Waals surface area contributed by atoms with Gasteiger partial charge in [-0.15, -0.1) is 0 Å². The minimum absolute atomic E-state index is 0.0850. The maximum Gasteiger partial charge on any atom is 0.256 e. The van der Waals surface area contributed by atoms with Gasteiger partial charge in [-0.1, -0.05) is 30.4 Å². The Morgan fingerprint density at radius 3 is 2.27 bits per heavy atom. The molecule has 1 N–H and O–H groups in total. The summed E-state index contributed by atoms with van der Waals surface area (Å²) in [7, 11) is 4.73. The molecule has 0 fully saturated rings. The van der Waals surface area contributed by atoms with E-state index in [9.17, 15) is 4.79 Å². The van der Waals surface area contributed by atoms with E-state index >= 15 is 0 Å². The normalized spacial score (nSPS) is 14.8. The molecule has 1 heterocycles. The third-order valence-corrected chi connectivity index (χ3v) is 4.28. The number of hydrogen-bond acceptors (Lipinski definition) is 4. The summed E-state index contributed by atoms with van der Waals surface area (Å²) in [5.74, 6) is 1.63. The second-order valence-electron chi connectivity index (χ2n) is 5.85. The van der Waals surface area contributed by atoms with E-state index in [2.05, 4.69) is 5.32 Å². The topological polar surface area (TPSA) is 56.8 Å². The lowest BCUT2D eigenvalue weighted by molar-refractivity contribution is -0.110. The van der Waals surface area contributed by atoms with Gasteiger partial charge in [-0.2, -0.15) is 0 Å². The van der Waals surface area contributed by atoms with Crippen molar-refractivity contribution in [3.05, 3.63) is 59.2 Å². The number of nitrogens with one attached hydrogen (secondary N) is 1. The van der Waals surface area contributed by atoms with Gasteiger partial charge in [-0.25, -0.2) is 0 Å². The highest BCUT2D eigenvalue weighted by atomic mass is 16.5. The van der Waals surface area contributed by atoms with Crippen LogP contribution in [0.15, 0.2) is 48.0 Å². The lowest BCUT2D eigenvalue weighted by Crippen LogP contribution is -2.04. The average molecular weight is 351 g/mol. The highest BCUT2D eigenvalue weighted by molar-refractivity contribution is 6.32. The Labute approximate surface area is 152 Å². The van der Waals surface area contributed by atoms with E-state index in [0.29, 0.717) is 22.8 Å². The van der Waals surface area contributed by atoms with Crippen molar-refractivity contribution in [2.75, 3.05) is 26.6 Å². The van der Waals surface area contributed by atoms with Gasteiger partial charge >= 0.3 is 0 Å². The summed E-state index contributed by atoms with van der Waals surface area (Å²) in [5, 5.41) is 2.89. The Morgan fingerprint density at radius 1 is 1.00 bits per heavy atom. The first kappa shape index (κ1) is 17.6. The molecular formula is C21H21NO4. The molecule has 26 heavy (non-hydrogen) atoms. The molecule has 1 amide bonds. The molecule has 0 saturated carbocycles. The Morgan fingerprint density at radius 2 is 1.65 bits per heavy atom. The van der Waals surface area contributed by atoms with E-state index in [4.69, 9.17) is 14.2 Å². The first-order valence-corrected chi connectivity index (χ1v) is 8.18. The molecule has 2 aromatic carbocycles. The van der Waals surface area contributed by atoms with Crippen LogP contribution in [-0.2, 0) is 4.79 Å². The number of carbonyl (C=O) groups excluding carboxylic acids is 1. The number of methoxy groups -OCH3 is 3. The van der Waals surface area contributed by atoms with Crippen LogP contribution in [0.25, 0.3) is 11.6 Å². The zero-order valence-electron chi connectivity index (χ0n) is 15.3. The molecule has 2 aromatic rings. The van der Waals surface area contributed by atoms with Gasteiger partial charge in [-0.3, -0.25) is 4.79 Å². The summed E-state index contributed by atoms with van der Waals surface area (Å²) in [6.45, 7) is 1.92. The average Bonchev–Trinajstić information content (AvgIpc) is 3.00. The summed E-state index contributed by atoms with van der Waals surface area (Å²) in [4.78, 5) is 12.3. The fraction of sp³-hybridized carbons (Fsp3) is 0.190. The van der Waals surface area contributed by atoms with E-state index in [-0.39, 0.29) is 5.91 Å². The minimum atomic E-state index is -0.0850. The summed E-state index contributed by atoms with van der Waals surface area (Å²) in [5.41, 5.74) is 4.20. The molecule has 0 aliphatic carbocycles. The van der Waals surface area contributed by atoms with Crippen LogP contribution in [0.2, 0.25) is 0 Å². The molecular weight excluding hydrogens is 330 g/mol. The van der Waals surface area contributed by atoms with Crippen LogP contribution in [0.4, 0.5) is 5.69 Å². The number of allylic oxidation sites excluding steroid dienone is 2. The molecule has 1 aliphatic heterocycles. The molecule has 0 spiro atoms. The molecule has 0 atom stereocenters. The number of para-hydroxylation sites is 1. The second kappa shape index (κ2) is 7.35. The van der Waals surface area contributed by atoms with Crippen molar-refractivity contribution in [1.82, 2.24) is 0 Å². The van der Waals surface area contributed by atoms with Gasteiger partial charge in [-0.05, 0) is 36.3 Å². The molecule has 5 heteroatoms. The Hall–Kier alpha value is -3.21. The summed E-state index contributed by atoms with van der Waals surface area (Å²) >= 11 is 0. The highest BCUT2D eigenvalue weighted by Crippen LogP contribution is 2.39. The molecule has 0 saturated heterocycles. The number of rotatable bonds is 5. The summed E-state index contributed by atoms with van der Waals surface area (Å²) in [6.07, 6.45) is 3.83. The third kappa shape index (κ3) is 3.16. The number of carbonyl (C=O) groups is 1. The molecule has 1 aliphatic rings. The number of benzene rings is 2. The van der Waals surface area contributed by atoms with Gasteiger partial charge < -0.3 is 19.5 Å². The van der Waals surface area contributed by atoms with Gasteiger partial charge in [0.1, 0.15) is 0 Å². The van der Waals surface area contributed by atoms with E-state index in [1.165, 1.54) is 0 Å². The van der Waals surface area contributed by atoms with Gasteiger partial charge in [0.2, 0.25) is 5.75 Å². The fourth-order valence-corrected chi connectivity index (χ4v) is 3.01. The number of anilines is 1. The van der Waals surface area contributed by atoms with Crippen molar-refractivity contribution in [2.24, 2.45) is 0 Å². The number of ether oxygens (including phenoxy) is 3. The van der Waals surface area contributed by atoms with Crippen molar-refractivity contribution in [3.63, 3.8) is 0 Å². The maximum atomic E-state index is 12.3. The van der Waals surface area contributed by atoms with Crippen LogP contribution < -0.4 is 19.5 Å². The SMILES string of the molecule is COc1cc(/C=C\C(C)=C2\C(=O)Nc3ccccc32)cc(OC)c1OC. The van der Waals surface area contributed by atoms with Gasteiger partial charge in [0.15, 0.2) is 11.5 Å². The zero-order valence-corrected chi connectivity index (χ0v) is 15.3.